The predicted molar refractivity (Wildman–Crippen MR) is 115 cm³/mol. The van der Waals surface area contributed by atoms with Crippen molar-refractivity contribution in [1.82, 2.24) is 0 Å². The van der Waals surface area contributed by atoms with Crippen LogP contribution < -0.4 is 4.74 Å². The van der Waals surface area contributed by atoms with Gasteiger partial charge >= 0.3 is 0 Å². The monoisotopic (exact) mass is 440 g/mol. The molecule has 0 aromatic heterocycles. The quantitative estimate of drug-likeness (QED) is 0.410. The lowest BCUT2D eigenvalue weighted by molar-refractivity contribution is -0.0433. The van der Waals surface area contributed by atoms with E-state index in [0.29, 0.717) is 18.8 Å². The molecule has 174 valence electrons. The lowest BCUT2D eigenvalue weighted by Gasteiger charge is -2.30. The van der Waals surface area contributed by atoms with Crippen molar-refractivity contribution in [1.29, 1.82) is 0 Å². The maximum atomic E-state index is 14.7. The van der Waals surface area contributed by atoms with Gasteiger partial charge in [-0.25, -0.2) is 8.78 Å². The van der Waals surface area contributed by atoms with Crippen LogP contribution in [0.1, 0.15) is 70.3 Å². The lowest BCUT2D eigenvalue weighted by atomic mass is 9.90. The van der Waals surface area contributed by atoms with Crippen LogP contribution in [0.3, 0.4) is 0 Å². The molecule has 0 saturated carbocycles. The van der Waals surface area contributed by atoms with Gasteiger partial charge in [-0.15, -0.1) is 0 Å². The molecule has 0 radical (unpaired) electrons. The number of hydrogen-bond acceptors (Lipinski definition) is 3. The molecule has 2 saturated heterocycles. The summed E-state index contributed by atoms with van der Waals surface area (Å²) in [7, 11) is 0. The Morgan fingerprint density at radius 3 is 2.58 bits per heavy atom. The van der Waals surface area contributed by atoms with Crippen LogP contribution in [0.4, 0.5) is 13.2 Å². The zero-order valence-electron chi connectivity index (χ0n) is 18.6. The molecule has 3 nitrogen and oxygen atoms in total. The molecule has 5 unspecified atom stereocenters. The molecule has 1 aromatic rings. The summed E-state index contributed by atoms with van der Waals surface area (Å²) in [4.78, 5) is 0. The van der Waals surface area contributed by atoms with Crippen LogP contribution in [0.2, 0.25) is 0 Å². The third-order valence-corrected chi connectivity index (χ3v) is 6.41. The van der Waals surface area contributed by atoms with E-state index >= 15 is 0 Å². The van der Waals surface area contributed by atoms with E-state index in [4.69, 9.17) is 14.2 Å². The first kappa shape index (κ1) is 24.1. The second-order valence-corrected chi connectivity index (χ2v) is 8.69. The number of allylic oxidation sites excluding steroid dienone is 1. The minimum Gasteiger partial charge on any atom is -0.490 e. The molecule has 0 N–H and O–H groups in total. The molecular formula is C25H35F3O3. The third-order valence-electron chi connectivity index (χ3n) is 6.41. The smallest absolute Gasteiger partial charge is 0.200 e. The fourth-order valence-electron chi connectivity index (χ4n) is 4.54. The molecule has 0 spiro atoms. The van der Waals surface area contributed by atoms with Crippen LogP contribution in [-0.2, 0) is 9.47 Å². The van der Waals surface area contributed by atoms with Crippen molar-refractivity contribution in [2.45, 2.75) is 83.1 Å². The maximum absolute atomic E-state index is 14.7. The maximum Gasteiger partial charge on any atom is 0.200 e. The van der Waals surface area contributed by atoms with E-state index in [-0.39, 0.29) is 42.8 Å². The molecule has 1 aromatic carbocycles. The topological polar surface area (TPSA) is 27.7 Å². The molecule has 0 amide bonds. The molecule has 5 atom stereocenters. The van der Waals surface area contributed by atoms with Gasteiger partial charge in [-0.05, 0) is 50.7 Å². The minimum atomic E-state index is -1.07. The fourth-order valence-corrected chi connectivity index (χ4v) is 4.54. The summed E-state index contributed by atoms with van der Waals surface area (Å²) in [5, 5.41) is 0. The highest BCUT2D eigenvalue weighted by atomic mass is 19.2. The first-order chi connectivity index (χ1) is 15.0. The summed E-state index contributed by atoms with van der Waals surface area (Å²) in [6, 6.07) is 3.01. The van der Waals surface area contributed by atoms with Crippen LogP contribution in [0, 0.1) is 17.6 Å². The summed E-state index contributed by atoms with van der Waals surface area (Å²) in [5.41, 5.74) is 0.313. The van der Waals surface area contributed by atoms with Crippen LogP contribution in [-0.4, -0.2) is 38.2 Å². The van der Waals surface area contributed by atoms with Gasteiger partial charge in [-0.2, -0.15) is 4.39 Å². The molecule has 0 aliphatic carbocycles. The van der Waals surface area contributed by atoms with Crippen molar-refractivity contribution in [3.63, 3.8) is 0 Å². The SMILES string of the molecule is C/C=C/C1CCC(c2ccc(OCCC(F)C3CCC(CCC)OC3)c(F)c2F)CO1. The van der Waals surface area contributed by atoms with Gasteiger partial charge in [0.25, 0.3) is 0 Å². The van der Waals surface area contributed by atoms with Gasteiger partial charge in [0, 0.05) is 18.3 Å². The Bertz CT molecular complexity index is 708. The van der Waals surface area contributed by atoms with Crippen molar-refractivity contribution < 1.29 is 27.4 Å². The first-order valence-corrected chi connectivity index (χ1v) is 11.6. The molecule has 2 fully saturated rings. The zero-order chi connectivity index (χ0) is 22.2. The number of rotatable bonds is 9. The van der Waals surface area contributed by atoms with Crippen molar-refractivity contribution >= 4 is 0 Å². The molecule has 0 bridgehead atoms. The van der Waals surface area contributed by atoms with Gasteiger partial charge in [-0.1, -0.05) is 31.6 Å². The zero-order valence-corrected chi connectivity index (χ0v) is 18.6. The van der Waals surface area contributed by atoms with Crippen molar-refractivity contribution in [3.8, 4) is 5.75 Å². The van der Waals surface area contributed by atoms with Crippen molar-refractivity contribution in [2.24, 2.45) is 5.92 Å². The van der Waals surface area contributed by atoms with E-state index in [2.05, 4.69) is 6.92 Å². The summed E-state index contributed by atoms with van der Waals surface area (Å²) in [6.07, 6.45) is 8.51. The van der Waals surface area contributed by atoms with Gasteiger partial charge in [0.15, 0.2) is 11.6 Å². The summed E-state index contributed by atoms with van der Waals surface area (Å²) >= 11 is 0. The van der Waals surface area contributed by atoms with E-state index in [9.17, 15) is 13.2 Å². The number of benzene rings is 1. The molecule has 2 heterocycles. The van der Waals surface area contributed by atoms with Crippen LogP contribution >= 0.6 is 0 Å². The normalized spacial score (nSPS) is 28.0. The van der Waals surface area contributed by atoms with E-state index in [0.717, 1.165) is 38.5 Å². The predicted octanol–water partition coefficient (Wildman–Crippen LogP) is 6.51. The van der Waals surface area contributed by atoms with Crippen molar-refractivity contribution in [2.75, 3.05) is 19.8 Å². The van der Waals surface area contributed by atoms with Gasteiger partial charge < -0.3 is 14.2 Å². The Morgan fingerprint density at radius 2 is 1.94 bits per heavy atom. The largest absolute Gasteiger partial charge is 0.490 e. The third kappa shape index (κ3) is 6.48. The highest BCUT2D eigenvalue weighted by Crippen LogP contribution is 2.34. The molecule has 2 aliphatic heterocycles. The first-order valence-electron chi connectivity index (χ1n) is 11.6. The second-order valence-electron chi connectivity index (χ2n) is 8.69. The van der Waals surface area contributed by atoms with Crippen LogP contribution in [0.25, 0.3) is 0 Å². The Morgan fingerprint density at radius 1 is 1.10 bits per heavy atom. The standard InChI is InChI=1S/C25H35F3O3/c1-3-5-19-9-7-17(15-30-19)21-11-12-23(25(28)24(21)27)29-14-13-22(26)18-8-10-20(6-4-2)31-16-18/h3,5,11-12,17-20,22H,4,6-10,13-16H2,1-2H3/b5-3+. The average molecular weight is 441 g/mol. The van der Waals surface area contributed by atoms with Gasteiger partial charge in [0.2, 0.25) is 5.82 Å². The van der Waals surface area contributed by atoms with E-state index < -0.39 is 17.8 Å². The fraction of sp³-hybridized carbons (Fsp3) is 0.680. The average Bonchev–Trinajstić information content (AvgIpc) is 2.78. The molecule has 31 heavy (non-hydrogen) atoms. The van der Waals surface area contributed by atoms with Gasteiger partial charge in [0.1, 0.15) is 6.17 Å². The number of halogens is 3. The minimum absolute atomic E-state index is 0.00331. The number of alkyl halides is 1. The molecule has 2 aliphatic rings. The Hall–Kier alpha value is -1.53. The second kappa shape index (κ2) is 11.9. The van der Waals surface area contributed by atoms with E-state index in [1.54, 1.807) is 6.07 Å². The van der Waals surface area contributed by atoms with E-state index in [1.165, 1.54) is 6.07 Å². The Balaban J connectivity index is 1.47. The van der Waals surface area contributed by atoms with Gasteiger partial charge in [-0.3, -0.25) is 0 Å². The number of hydrogen-bond donors (Lipinski definition) is 0. The Kier molecular flexibility index (Phi) is 9.27. The summed E-state index contributed by atoms with van der Waals surface area (Å²) in [6.45, 7) is 4.83. The van der Waals surface area contributed by atoms with Crippen LogP contribution in [0.15, 0.2) is 24.3 Å². The Labute approximate surface area is 184 Å². The summed E-state index contributed by atoms with van der Waals surface area (Å²) in [5.74, 6) is -2.40. The van der Waals surface area contributed by atoms with Gasteiger partial charge in [0.05, 0.1) is 32.0 Å². The summed E-state index contributed by atoms with van der Waals surface area (Å²) < 4.78 is 60.6. The highest BCUT2D eigenvalue weighted by Gasteiger charge is 2.29. The molecular weight excluding hydrogens is 405 g/mol. The van der Waals surface area contributed by atoms with Crippen LogP contribution in [0.5, 0.6) is 5.75 Å². The van der Waals surface area contributed by atoms with Crippen molar-refractivity contribution in [3.05, 3.63) is 41.5 Å². The molecule has 6 heteroatoms. The lowest BCUT2D eigenvalue weighted by Crippen LogP contribution is -2.32. The number of ether oxygens (including phenoxy) is 3. The van der Waals surface area contributed by atoms with E-state index in [1.807, 2.05) is 19.1 Å². The molecule has 3 rings (SSSR count). The highest BCUT2D eigenvalue weighted by molar-refractivity contribution is 5.33.